The number of imidazole rings is 3. The molecule has 0 spiro atoms. The maximum atomic E-state index is 8.91. The van der Waals surface area contributed by atoms with Crippen LogP contribution in [0.1, 0.15) is 161 Å². The molecular formula is C89H91N6+3. The van der Waals surface area contributed by atoms with Crippen molar-refractivity contribution in [3.8, 4) is 33.8 Å². The Morgan fingerprint density at radius 1 is 0.284 bits per heavy atom. The molecule has 0 radical (unpaired) electrons. The highest BCUT2D eigenvalue weighted by atomic mass is 15.2. The number of benzene rings is 9. The molecule has 3 aliphatic heterocycles. The molecule has 95 heavy (non-hydrogen) atoms. The monoisotopic (exact) mass is 1260 g/mol. The van der Waals surface area contributed by atoms with E-state index in [1.165, 1.54) is 49.0 Å². The standard InChI is InChI=1S/2C30H31N2.C29H29N2/c2*1-18-12-11-15-21-23-19(2)16-17-22-26(23)32-27(30(5,6)29(22,3)4)25(20-13-9-8-10-14-20)31(7)28(32)24(18)21;1-18-12-10-15-20-21-16-11-17-22-25(21)31-26(29(4,5)28(22,2)3)24(19-13-8-7-9-14-19)30(6)27(31)23(18)20/h2*8-17H,1-7H3;7-17H,1-6H3/q3*+1/i2D3,5D3;5D3;4D3. The van der Waals surface area contributed by atoms with Gasteiger partial charge in [-0.2, -0.15) is 13.2 Å². The minimum atomic E-state index is -2.35. The Balaban J connectivity index is 0.000000123. The van der Waals surface area contributed by atoms with Crippen LogP contribution >= 0.6 is 0 Å². The van der Waals surface area contributed by atoms with Crippen LogP contribution in [-0.4, -0.2) is 13.2 Å². The normalized spacial score (nSPS) is 21.9. The van der Waals surface area contributed by atoms with Gasteiger partial charge in [0, 0.05) is 115 Å². The van der Waals surface area contributed by atoms with Gasteiger partial charge in [0.2, 0.25) is 0 Å². The van der Waals surface area contributed by atoms with Crippen LogP contribution in [0.5, 0.6) is 0 Å². The fourth-order valence-electron chi connectivity index (χ4n) is 17.6. The van der Waals surface area contributed by atoms with Gasteiger partial charge in [-0.25, -0.2) is 13.7 Å². The van der Waals surface area contributed by atoms with Gasteiger partial charge in [0.1, 0.15) is 16.6 Å². The van der Waals surface area contributed by atoms with Crippen molar-refractivity contribution in [2.45, 2.75) is 150 Å². The molecule has 3 atom stereocenters. The van der Waals surface area contributed by atoms with E-state index in [-0.39, 0.29) is 5.56 Å². The fraction of sp³-hybridized carbons (Fsp3) is 0.292. The van der Waals surface area contributed by atoms with Crippen molar-refractivity contribution in [1.29, 1.82) is 0 Å². The lowest BCUT2D eigenvalue weighted by Gasteiger charge is -2.43. The molecule has 3 aliphatic rings. The van der Waals surface area contributed by atoms with Gasteiger partial charge in [-0.15, -0.1) is 0 Å². The lowest BCUT2D eigenvalue weighted by molar-refractivity contribution is -0.632. The zero-order valence-electron chi connectivity index (χ0n) is 69.6. The van der Waals surface area contributed by atoms with Gasteiger partial charge in [0.05, 0.1) is 37.3 Å². The van der Waals surface area contributed by atoms with Crippen molar-refractivity contribution in [2.24, 2.45) is 21.1 Å². The first-order chi connectivity index (χ1) is 50.1. The van der Waals surface area contributed by atoms with Gasteiger partial charge in [-0.1, -0.05) is 271 Å². The van der Waals surface area contributed by atoms with Crippen LogP contribution in [0.15, 0.2) is 188 Å². The maximum Gasteiger partial charge on any atom is 0.295 e. The Morgan fingerprint density at radius 3 is 0.968 bits per heavy atom. The largest absolute Gasteiger partial charge is 0.295 e. The molecule has 6 heteroatoms. The van der Waals surface area contributed by atoms with E-state index in [9.17, 15) is 0 Å². The van der Waals surface area contributed by atoms with Crippen LogP contribution in [0.3, 0.4) is 0 Å². The SMILES string of the molecule is [2H]C([2H])([2H])C1(C)c2c(-c3ccccc3)[n+](C)c3c4c(C)cccc4c4c(C)ccc(c4n23)C1(C)C.[2H]C([2H])([2H])C1(C)c2c(-c3ccccc3)[n+](C)c3c4c(C)cccc4c4cccc(c4n23)C1(C)C.[2H]C([2H])([2H])c1ccc2c3c1c1cccc(C)c1c1n3c(c(-c3ccccc3)[n+]1C)C(C)(C([2H])([2H])[2H])C2(C)C. The molecule has 6 nitrogen and oxygen atoms in total. The van der Waals surface area contributed by atoms with E-state index in [2.05, 4.69) is 180 Å². The van der Waals surface area contributed by atoms with Crippen molar-refractivity contribution in [1.82, 2.24) is 13.2 Å². The number of hydrogen-bond donors (Lipinski definition) is 0. The topological polar surface area (TPSA) is 24.9 Å². The molecule has 0 fully saturated rings. The summed E-state index contributed by atoms with van der Waals surface area (Å²) in [6.45, 7) is 17.5. The molecule has 0 saturated carbocycles. The highest BCUT2D eigenvalue weighted by Gasteiger charge is 2.56. The highest BCUT2D eigenvalue weighted by Crippen LogP contribution is 2.57. The quantitative estimate of drug-likeness (QED) is 0.124. The van der Waals surface area contributed by atoms with Crippen molar-refractivity contribution < 1.29 is 30.2 Å². The summed E-state index contributed by atoms with van der Waals surface area (Å²) in [5, 5.41) is 9.63. The van der Waals surface area contributed by atoms with Crippen molar-refractivity contribution in [2.75, 3.05) is 0 Å². The first-order valence-electron chi connectivity index (χ1n) is 39.5. The average Bonchev–Trinajstić information content (AvgIpc) is 1.59. The number of aromatic nitrogens is 6. The molecule has 0 N–H and O–H groups in total. The second-order valence-electron chi connectivity index (χ2n) is 29.8. The van der Waals surface area contributed by atoms with Crippen LogP contribution in [0, 0.1) is 34.5 Å². The van der Waals surface area contributed by atoms with E-state index in [0.717, 1.165) is 112 Å². The van der Waals surface area contributed by atoms with E-state index < -0.39 is 59.9 Å². The summed E-state index contributed by atoms with van der Waals surface area (Å²) < 4.78 is 118. The highest BCUT2D eigenvalue weighted by molar-refractivity contribution is 6.17. The van der Waals surface area contributed by atoms with Gasteiger partial charge < -0.3 is 0 Å². The average molecular weight is 1260 g/mol. The van der Waals surface area contributed by atoms with Gasteiger partial charge >= 0.3 is 0 Å². The minimum absolute atomic E-state index is 0.283. The molecule has 0 saturated heterocycles. The van der Waals surface area contributed by atoms with E-state index in [4.69, 9.17) is 16.4 Å². The van der Waals surface area contributed by atoms with E-state index in [0.29, 0.717) is 11.1 Å². The number of nitrogens with zero attached hydrogens (tertiary/aromatic N) is 6. The molecule has 9 heterocycles. The number of rotatable bonds is 3. The van der Waals surface area contributed by atoms with E-state index in [1.54, 1.807) is 6.07 Å². The van der Waals surface area contributed by atoms with Crippen LogP contribution in [0.25, 0.3) is 116 Å². The molecule has 0 bridgehead atoms. The van der Waals surface area contributed by atoms with Crippen molar-refractivity contribution in [3.63, 3.8) is 0 Å². The zero-order valence-corrected chi connectivity index (χ0v) is 57.6. The van der Waals surface area contributed by atoms with Crippen LogP contribution < -0.4 is 13.7 Å². The Morgan fingerprint density at radius 2 is 0.589 bits per heavy atom. The van der Waals surface area contributed by atoms with E-state index in [1.807, 2.05) is 140 Å². The van der Waals surface area contributed by atoms with Gasteiger partial charge in [0.25, 0.3) is 16.9 Å². The molecule has 0 amide bonds. The molecule has 18 rings (SSSR count). The summed E-state index contributed by atoms with van der Waals surface area (Å²) >= 11 is 0. The molecule has 6 aromatic heterocycles. The lowest BCUT2D eigenvalue weighted by atomic mass is 9.60. The molecule has 9 aromatic carbocycles. The first kappa shape index (κ1) is 48.3. The summed E-state index contributed by atoms with van der Waals surface area (Å²) in [6, 6.07) is 63.6. The first-order valence-corrected chi connectivity index (χ1v) is 33.5. The summed E-state index contributed by atoms with van der Waals surface area (Å²) in [7, 11) is 6.16. The molecule has 15 aromatic rings. The Kier molecular flexibility index (Phi) is 10.2. The van der Waals surface area contributed by atoms with Crippen molar-refractivity contribution >= 4 is 82.0 Å². The summed E-state index contributed by atoms with van der Waals surface area (Å²) in [6.07, 6.45) is 0. The van der Waals surface area contributed by atoms with Crippen molar-refractivity contribution in [3.05, 3.63) is 250 Å². The van der Waals surface area contributed by atoms with Crippen LogP contribution in [0.4, 0.5) is 0 Å². The van der Waals surface area contributed by atoms with Crippen LogP contribution in [0.2, 0.25) is 0 Å². The third-order valence-electron chi connectivity index (χ3n) is 23.9. The summed E-state index contributed by atoms with van der Waals surface area (Å²) in [5.74, 6) is 0. The molecule has 474 valence electrons. The molecular weight excluding hydrogens is 1150 g/mol. The Bertz CT molecular complexity index is 6350. The summed E-state index contributed by atoms with van der Waals surface area (Å²) in [4.78, 5) is 0. The smallest absolute Gasteiger partial charge is 0.225 e. The second-order valence-corrected chi connectivity index (χ2v) is 29.8. The number of fused-ring (bicyclic) bond motifs is 9. The summed E-state index contributed by atoms with van der Waals surface area (Å²) in [5.41, 5.74) is 16.5. The third-order valence-corrected chi connectivity index (χ3v) is 23.9. The predicted octanol–water partition coefficient (Wildman–Crippen LogP) is 20.5. The maximum absolute atomic E-state index is 8.91. The Hall–Kier alpha value is -9.39. The minimum Gasteiger partial charge on any atom is -0.225 e. The number of aryl methyl sites for hydroxylation is 8. The van der Waals surface area contributed by atoms with E-state index >= 15 is 0 Å². The van der Waals surface area contributed by atoms with Crippen LogP contribution in [-0.2, 0) is 53.6 Å². The third kappa shape index (κ3) is 7.60. The zero-order chi connectivity index (χ0) is 76.9. The number of hydrogen-bond acceptors (Lipinski definition) is 0. The number of para-hydroxylation sites is 1. The molecule has 3 unspecified atom stereocenters. The second kappa shape index (κ2) is 20.1. The molecule has 0 aliphatic carbocycles. The van der Waals surface area contributed by atoms with Gasteiger partial charge in [-0.3, -0.25) is 0 Å². The van der Waals surface area contributed by atoms with Gasteiger partial charge in [0.15, 0.2) is 34.2 Å². The predicted molar refractivity (Wildman–Crippen MR) is 399 cm³/mol. The number of pyridine rings is 3. The van der Waals surface area contributed by atoms with Gasteiger partial charge in [-0.05, 0) is 62.4 Å². The fourth-order valence-corrected chi connectivity index (χ4v) is 17.6. The Labute approximate surface area is 577 Å². The lowest BCUT2D eigenvalue weighted by Crippen LogP contribution is -2.44.